The number of nitrogens with two attached hydrogens (primary N) is 1. The fourth-order valence-corrected chi connectivity index (χ4v) is 5.20. The van der Waals surface area contributed by atoms with E-state index >= 15 is 0 Å². The number of carbonyl (C=O) groups is 1. The van der Waals surface area contributed by atoms with Gasteiger partial charge in [0.25, 0.3) is 0 Å². The number of benzene rings is 4. The molecule has 1 amide bonds. The Labute approximate surface area is 208 Å². The van der Waals surface area contributed by atoms with E-state index in [1.165, 1.54) is 3.57 Å². The summed E-state index contributed by atoms with van der Waals surface area (Å²) in [6, 6.07) is 25.7. The van der Waals surface area contributed by atoms with Crippen molar-refractivity contribution in [2.75, 3.05) is 0 Å². The van der Waals surface area contributed by atoms with E-state index in [1.807, 2.05) is 42.5 Å². The van der Waals surface area contributed by atoms with Gasteiger partial charge in [0.15, 0.2) is 0 Å². The van der Waals surface area contributed by atoms with Gasteiger partial charge in [-0.15, -0.1) is 0 Å². The average Bonchev–Trinajstić information content (AvgIpc) is 3.08. The molecule has 0 aliphatic heterocycles. The predicted molar refractivity (Wildman–Crippen MR) is 142 cm³/mol. The van der Waals surface area contributed by atoms with Crippen LogP contribution >= 0.6 is 45.8 Å². The van der Waals surface area contributed by atoms with Gasteiger partial charge in [-0.3, -0.25) is 4.79 Å². The SMILES string of the molecule is NC(=O)c1cccc2c1c1ccc(-c3c(Cl)cccc3Cl)cc1n2Cc1ccc(I)cc1. The Morgan fingerprint density at radius 3 is 2.25 bits per heavy atom. The van der Waals surface area contributed by atoms with Crippen LogP contribution in [0.4, 0.5) is 0 Å². The second-order valence-electron chi connectivity index (χ2n) is 7.61. The number of fused-ring (bicyclic) bond motifs is 3. The summed E-state index contributed by atoms with van der Waals surface area (Å²) in [6.07, 6.45) is 0. The largest absolute Gasteiger partial charge is 0.366 e. The number of amides is 1. The zero-order chi connectivity index (χ0) is 22.4. The normalized spacial score (nSPS) is 11.3. The fraction of sp³-hybridized carbons (Fsp3) is 0.0385. The van der Waals surface area contributed by atoms with Crippen LogP contribution in [0, 0.1) is 3.57 Å². The van der Waals surface area contributed by atoms with Gasteiger partial charge in [-0.05, 0) is 76.2 Å². The summed E-state index contributed by atoms with van der Waals surface area (Å²) in [5.74, 6) is -0.442. The summed E-state index contributed by atoms with van der Waals surface area (Å²) >= 11 is 15.3. The lowest BCUT2D eigenvalue weighted by Crippen LogP contribution is -2.11. The molecule has 0 fully saturated rings. The monoisotopic (exact) mass is 570 g/mol. The minimum absolute atomic E-state index is 0.442. The maximum atomic E-state index is 12.2. The molecule has 0 bridgehead atoms. The number of rotatable bonds is 4. The number of aromatic nitrogens is 1. The van der Waals surface area contributed by atoms with Crippen LogP contribution in [0.15, 0.2) is 78.9 Å². The highest BCUT2D eigenvalue weighted by molar-refractivity contribution is 14.1. The van der Waals surface area contributed by atoms with Crippen LogP contribution in [0.2, 0.25) is 10.0 Å². The first-order valence-corrected chi connectivity index (χ1v) is 11.8. The van der Waals surface area contributed by atoms with Crippen LogP contribution in [0.3, 0.4) is 0 Å². The molecule has 2 N–H and O–H groups in total. The van der Waals surface area contributed by atoms with E-state index in [9.17, 15) is 4.79 Å². The number of halogens is 3. The smallest absolute Gasteiger partial charge is 0.249 e. The Kier molecular flexibility index (Phi) is 5.61. The highest BCUT2D eigenvalue weighted by Gasteiger charge is 2.18. The highest BCUT2D eigenvalue weighted by atomic mass is 127. The molecule has 1 aromatic heterocycles. The Balaban J connectivity index is 1.82. The summed E-state index contributed by atoms with van der Waals surface area (Å²) in [5.41, 5.74) is 11.0. The van der Waals surface area contributed by atoms with E-state index in [2.05, 4.69) is 57.5 Å². The summed E-state index contributed by atoms with van der Waals surface area (Å²) in [4.78, 5) is 12.2. The van der Waals surface area contributed by atoms with Crippen molar-refractivity contribution in [3.8, 4) is 11.1 Å². The van der Waals surface area contributed by atoms with Gasteiger partial charge in [-0.2, -0.15) is 0 Å². The van der Waals surface area contributed by atoms with E-state index in [1.54, 1.807) is 6.07 Å². The number of nitrogens with zero attached hydrogens (tertiary/aromatic N) is 1. The molecule has 1 heterocycles. The molecule has 0 atom stereocenters. The zero-order valence-electron chi connectivity index (χ0n) is 16.8. The molecule has 32 heavy (non-hydrogen) atoms. The van der Waals surface area contributed by atoms with Crippen LogP contribution in [0.1, 0.15) is 15.9 Å². The van der Waals surface area contributed by atoms with Gasteiger partial charge in [0, 0.05) is 42.1 Å². The standard InChI is InChI=1S/C26H17Cl2IN2O/c27-20-4-2-5-21(28)24(20)16-9-12-18-23(13-16)31(14-15-7-10-17(29)11-8-15)22-6-1-3-19(25(18)22)26(30)32/h1-13H,14H2,(H2,30,32). The molecule has 0 radical (unpaired) electrons. The number of carbonyl (C=O) groups excluding carboxylic acids is 1. The van der Waals surface area contributed by atoms with Gasteiger partial charge in [0.1, 0.15) is 0 Å². The van der Waals surface area contributed by atoms with Crippen LogP contribution in [-0.4, -0.2) is 10.5 Å². The lowest BCUT2D eigenvalue weighted by molar-refractivity contribution is 0.100. The van der Waals surface area contributed by atoms with Crippen LogP contribution in [0.25, 0.3) is 32.9 Å². The van der Waals surface area contributed by atoms with Crippen molar-refractivity contribution in [1.29, 1.82) is 0 Å². The quantitative estimate of drug-likeness (QED) is 0.223. The Hall–Kier alpha value is -2.54. The molecular formula is C26H17Cl2IN2O. The summed E-state index contributed by atoms with van der Waals surface area (Å²) in [7, 11) is 0. The Morgan fingerprint density at radius 1 is 0.875 bits per heavy atom. The third kappa shape index (κ3) is 3.66. The first-order valence-electron chi connectivity index (χ1n) is 9.97. The molecule has 4 aromatic carbocycles. The molecule has 0 aliphatic rings. The third-order valence-corrected chi connectivity index (χ3v) is 7.01. The van der Waals surface area contributed by atoms with E-state index in [0.717, 1.165) is 38.5 Å². The lowest BCUT2D eigenvalue weighted by atomic mass is 10.0. The highest BCUT2D eigenvalue weighted by Crippen LogP contribution is 2.39. The van der Waals surface area contributed by atoms with Crippen LogP contribution in [-0.2, 0) is 6.54 Å². The Bertz CT molecular complexity index is 1490. The minimum atomic E-state index is -0.442. The van der Waals surface area contributed by atoms with Gasteiger partial charge in [-0.1, -0.05) is 59.6 Å². The van der Waals surface area contributed by atoms with Gasteiger partial charge in [-0.25, -0.2) is 0 Å². The second kappa shape index (κ2) is 8.43. The average molecular weight is 571 g/mol. The molecule has 0 aliphatic carbocycles. The summed E-state index contributed by atoms with van der Waals surface area (Å²) < 4.78 is 3.40. The molecule has 0 unspecified atom stereocenters. The fourth-order valence-electron chi connectivity index (χ4n) is 4.22. The first-order chi connectivity index (χ1) is 15.4. The van der Waals surface area contributed by atoms with Crippen molar-refractivity contribution >= 4 is 73.5 Å². The summed E-state index contributed by atoms with van der Waals surface area (Å²) in [6.45, 7) is 0.652. The van der Waals surface area contributed by atoms with Crippen molar-refractivity contribution in [2.45, 2.75) is 6.54 Å². The maximum absolute atomic E-state index is 12.2. The molecular weight excluding hydrogens is 554 g/mol. The van der Waals surface area contributed by atoms with Gasteiger partial charge in [0.05, 0.1) is 11.0 Å². The van der Waals surface area contributed by atoms with Crippen molar-refractivity contribution in [3.63, 3.8) is 0 Å². The van der Waals surface area contributed by atoms with Crippen molar-refractivity contribution in [2.24, 2.45) is 5.73 Å². The molecule has 0 saturated heterocycles. The topological polar surface area (TPSA) is 48.0 Å². The van der Waals surface area contributed by atoms with E-state index in [0.29, 0.717) is 22.2 Å². The van der Waals surface area contributed by atoms with Gasteiger partial charge >= 0.3 is 0 Å². The number of hydrogen-bond acceptors (Lipinski definition) is 1. The molecule has 0 saturated carbocycles. The molecule has 3 nitrogen and oxygen atoms in total. The predicted octanol–water partition coefficient (Wildman–Crippen LogP) is 7.52. The van der Waals surface area contributed by atoms with Crippen LogP contribution in [0.5, 0.6) is 0 Å². The molecule has 6 heteroatoms. The van der Waals surface area contributed by atoms with Crippen molar-refractivity contribution in [3.05, 3.63) is 104 Å². The lowest BCUT2D eigenvalue weighted by Gasteiger charge is -2.11. The number of hydrogen-bond donors (Lipinski definition) is 1. The van der Waals surface area contributed by atoms with Crippen molar-refractivity contribution < 1.29 is 4.79 Å². The number of primary amides is 1. The minimum Gasteiger partial charge on any atom is -0.366 e. The molecule has 5 rings (SSSR count). The zero-order valence-corrected chi connectivity index (χ0v) is 20.4. The van der Waals surface area contributed by atoms with Crippen LogP contribution < -0.4 is 5.73 Å². The third-order valence-electron chi connectivity index (χ3n) is 5.66. The molecule has 0 spiro atoms. The summed E-state index contributed by atoms with van der Waals surface area (Å²) in [5, 5.41) is 3.01. The molecule has 5 aromatic rings. The van der Waals surface area contributed by atoms with E-state index in [-0.39, 0.29) is 0 Å². The van der Waals surface area contributed by atoms with Crippen molar-refractivity contribution in [1.82, 2.24) is 4.57 Å². The molecule has 158 valence electrons. The van der Waals surface area contributed by atoms with E-state index < -0.39 is 5.91 Å². The van der Waals surface area contributed by atoms with Gasteiger partial charge < -0.3 is 10.3 Å². The van der Waals surface area contributed by atoms with E-state index in [4.69, 9.17) is 28.9 Å². The maximum Gasteiger partial charge on any atom is 0.249 e. The second-order valence-corrected chi connectivity index (χ2v) is 9.67. The Morgan fingerprint density at radius 2 is 1.56 bits per heavy atom. The first kappa shape index (κ1) is 21.3. The van der Waals surface area contributed by atoms with Gasteiger partial charge in [0.2, 0.25) is 5.91 Å².